The maximum absolute atomic E-state index is 11.5. The van der Waals surface area contributed by atoms with Crippen molar-refractivity contribution >= 4 is 21.9 Å². The first kappa shape index (κ1) is 16.8. The van der Waals surface area contributed by atoms with Crippen LogP contribution in [0.5, 0.6) is 0 Å². The average Bonchev–Trinajstić information content (AvgIpc) is 3.45. The molecule has 0 amide bonds. The number of fused-ring (bicyclic) bond motifs is 6. The minimum atomic E-state index is -0.143. The molecule has 1 saturated heterocycles. The van der Waals surface area contributed by atoms with Gasteiger partial charge in [0.15, 0.2) is 0 Å². The largest absolute Gasteiger partial charge is 0.462 e. The molecule has 5 aliphatic carbocycles. The molecule has 3 nitrogen and oxygen atoms in total. The van der Waals surface area contributed by atoms with Crippen LogP contribution >= 0.6 is 15.9 Å². The summed E-state index contributed by atoms with van der Waals surface area (Å²) in [5.74, 6) is 4.34. The van der Waals surface area contributed by atoms with Crippen LogP contribution in [-0.4, -0.2) is 28.6 Å². The van der Waals surface area contributed by atoms with Gasteiger partial charge in [-0.25, -0.2) is 0 Å². The predicted octanol–water partition coefficient (Wildman–Crippen LogP) is 4.71. The summed E-state index contributed by atoms with van der Waals surface area (Å²) in [4.78, 5) is 12.0. The maximum atomic E-state index is 11.5. The van der Waals surface area contributed by atoms with Crippen LogP contribution in [0.1, 0.15) is 65.7 Å². The molecular weight excluding hydrogens is 392 g/mol. The Bertz CT molecular complexity index is 680. The summed E-state index contributed by atoms with van der Waals surface area (Å²) in [6, 6.07) is 0. The molecule has 0 aromatic rings. The Balaban J connectivity index is 1.35. The van der Waals surface area contributed by atoms with E-state index in [1.165, 1.54) is 32.6 Å². The van der Waals surface area contributed by atoms with Crippen LogP contribution in [0.3, 0.4) is 0 Å². The van der Waals surface area contributed by atoms with Crippen LogP contribution in [0.4, 0.5) is 0 Å². The second-order valence-corrected chi connectivity index (χ2v) is 12.1. The summed E-state index contributed by atoms with van der Waals surface area (Å²) >= 11 is 4.16. The first-order chi connectivity index (χ1) is 12.3. The Morgan fingerprint density at radius 1 is 1.19 bits per heavy atom. The van der Waals surface area contributed by atoms with E-state index >= 15 is 0 Å². The van der Waals surface area contributed by atoms with Crippen molar-refractivity contribution in [3.8, 4) is 0 Å². The topological polar surface area (TPSA) is 38.8 Å². The van der Waals surface area contributed by atoms with E-state index in [1.54, 1.807) is 0 Å². The Morgan fingerprint density at radius 3 is 2.77 bits per heavy atom. The highest BCUT2D eigenvalue weighted by Gasteiger charge is 2.80. The van der Waals surface area contributed by atoms with E-state index in [0.717, 1.165) is 48.9 Å². The zero-order valence-electron chi connectivity index (χ0n) is 16.2. The van der Waals surface area contributed by atoms with Crippen molar-refractivity contribution in [1.29, 1.82) is 0 Å². The molecule has 1 spiro atoms. The number of halogens is 1. The molecule has 5 saturated carbocycles. The van der Waals surface area contributed by atoms with Gasteiger partial charge in [0.2, 0.25) is 0 Å². The second kappa shape index (κ2) is 4.90. The second-order valence-electron chi connectivity index (χ2n) is 11.0. The van der Waals surface area contributed by atoms with Crippen molar-refractivity contribution in [2.75, 3.05) is 0 Å². The molecule has 0 bridgehead atoms. The van der Waals surface area contributed by atoms with Crippen molar-refractivity contribution < 1.29 is 14.3 Å². The van der Waals surface area contributed by atoms with Crippen molar-refractivity contribution in [2.24, 2.45) is 40.4 Å². The number of carbonyl (C=O) groups excluding carboxylic acids is 1. The Labute approximate surface area is 165 Å². The number of ether oxygens (including phenoxy) is 2. The number of hydrogen-bond acceptors (Lipinski definition) is 3. The van der Waals surface area contributed by atoms with Gasteiger partial charge in [0.1, 0.15) is 17.8 Å². The Morgan fingerprint density at radius 2 is 2.00 bits per heavy atom. The highest BCUT2D eigenvalue weighted by Crippen LogP contribution is 2.78. The van der Waals surface area contributed by atoms with Crippen molar-refractivity contribution in [1.82, 2.24) is 0 Å². The fraction of sp³-hybridized carbons (Fsp3) is 0.955. The molecule has 0 unspecified atom stereocenters. The molecule has 144 valence electrons. The van der Waals surface area contributed by atoms with Crippen LogP contribution in [-0.2, 0) is 14.3 Å². The van der Waals surface area contributed by atoms with E-state index in [-0.39, 0.29) is 23.1 Å². The smallest absolute Gasteiger partial charge is 0.302 e. The predicted molar refractivity (Wildman–Crippen MR) is 102 cm³/mol. The van der Waals surface area contributed by atoms with E-state index in [0.29, 0.717) is 16.3 Å². The lowest BCUT2D eigenvalue weighted by molar-refractivity contribution is -0.157. The van der Waals surface area contributed by atoms with Gasteiger partial charge in [-0.2, -0.15) is 0 Å². The van der Waals surface area contributed by atoms with Gasteiger partial charge in [-0.3, -0.25) is 4.79 Å². The van der Waals surface area contributed by atoms with Gasteiger partial charge < -0.3 is 9.47 Å². The molecule has 0 aromatic heterocycles. The Kier molecular flexibility index (Phi) is 3.17. The first-order valence-corrected chi connectivity index (χ1v) is 11.7. The minimum absolute atomic E-state index is 0.0456. The zero-order chi connectivity index (χ0) is 18.1. The van der Waals surface area contributed by atoms with E-state index < -0.39 is 0 Å². The minimum Gasteiger partial charge on any atom is -0.462 e. The standard InChI is InChI=1S/C22H31BrO3/c1-11(24)25-13-4-7-21(3)15-5-6-20(2)9-12-8-14(12)17(20)16(15)18(23)19-22(21,10-13)26-19/h12-19H,4-10H2,1-3H3/t12-,13+,14-,15+,16-,17+,18+,19-,20-,21-,22-/m1/s1. The third kappa shape index (κ3) is 1.87. The van der Waals surface area contributed by atoms with Gasteiger partial charge in [0.25, 0.3) is 0 Å². The molecule has 0 radical (unpaired) electrons. The van der Waals surface area contributed by atoms with Gasteiger partial charge in [0, 0.05) is 23.6 Å². The van der Waals surface area contributed by atoms with Gasteiger partial charge in [-0.05, 0) is 73.5 Å². The maximum Gasteiger partial charge on any atom is 0.302 e. The third-order valence-electron chi connectivity index (χ3n) is 9.91. The van der Waals surface area contributed by atoms with E-state index in [4.69, 9.17) is 9.47 Å². The van der Waals surface area contributed by atoms with Gasteiger partial charge in [-0.15, -0.1) is 0 Å². The molecule has 26 heavy (non-hydrogen) atoms. The molecule has 1 aliphatic heterocycles. The molecule has 11 atom stereocenters. The number of epoxide rings is 1. The van der Waals surface area contributed by atoms with E-state index in [2.05, 4.69) is 29.8 Å². The van der Waals surface area contributed by atoms with Crippen LogP contribution in [0.15, 0.2) is 0 Å². The van der Waals surface area contributed by atoms with Gasteiger partial charge in [0.05, 0.1) is 0 Å². The van der Waals surface area contributed by atoms with Gasteiger partial charge in [-0.1, -0.05) is 29.8 Å². The zero-order valence-corrected chi connectivity index (χ0v) is 17.8. The van der Waals surface area contributed by atoms with E-state index in [9.17, 15) is 4.79 Å². The lowest BCUT2D eigenvalue weighted by Gasteiger charge is -2.60. The summed E-state index contributed by atoms with van der Waals surface area (Å²) < 4.78 is 12.2. The van der Waals surface area contributed by atoms with Crippen molar-refractivity contribution in [2.45, 2.75) is 88.4 Å². The Hall–Kier alpha value is -0.0900. The molecule has 0 aromatic carbocycles. The molecule has 6 rings (SSSR count). The van der Waals surface area contributed by atoms with Crippen LogP contribution in [0.2, 0.25) is 0 Å². The van der Waals surface area contributed by atoms with Crippen LogP contribution in [0, 0.1) is 40.4 Å². The fourth-order valence-electron chi connectivity index (χ4n) is 8.83. The highest BCUT2D eigenvalue weighted by molar-refractivity contribution is 9.09. The fourth-order valence-corrected chi connectivity index (χ4v) is 10.1. The average molecular weight is 423 g/mol. The first-order valence-electron chi connectivity index (χ1n) is 10.8. The number of alkyl halides is 1. The molecular formula is C22H31BrO3. The number of esters is 1. The summed E-state index contributed by atoms with van der Waals surface area (Å²) in [5, 5.41) is 0. The summed E-state index contributed by atoms with van der Waals surface area (Å²) in [5.41, 5.74) is 0.800. The number of carbonyl (C=O) groups is 1. The molecule has 1 heterocycles. The number of hydrogen-bond donors (Lipinski definition) is 0. The SMILES string of the molecule is CC(=O)O[C@H]1CC[C@]2(C)[C@H]3CC[C@]4(C)C[C@H]5C[C@H]5[C@H]4[C@@H]3[C@H](Br)[C@H]3O[C@]32C1. The van der Waals surface area contributed by atoms with E-state index in [1.807, 2.05) is 0 Å². The summed E-state index contributed by atoms with van der Waals surface area (Å²) in [6.45, 7) is 6.65. The quantitative estimate of drug-likeness (QED) is 0.348. The highest BCUT2D eigenvalue weighted by atomic mass is 79.9. The lowest BCUT2D eigenvalue weighted by atomic mass is 9.44. The molecule has 6 fully saturated rings. The lowest BCUT2D eigenvalue weighted by Crippen LogP contribution is -2.62. The molecule has 0 N–H and O–H groups in total. The summed E-state index contributed by atoms with van der Waals surface area (Å²) in [7, 11) is 0. The van der Waals surface area contributed by atoms with Crippen LogP contribution < -0.4 is 0 Å². The molecule has 4 heteroatoms. The molecule has 6 aliphatic rings. The third-order valence-corrected chi connectivity index (χ3v) is 11.0. The number of rotatable bonds is 1. The van der Waals surface area contributed by atoms with Crippen molar-refractivity contribution in [3.05, 3.63) is 0 Å². The summed E-state index contributed by atoms with van der Waals surface area (Å²) in [6.07, 6.45) is 9.20. The van der Waals surface area contributed by atoms with Crippen LogP contribution in [0.25, 0.3) is 0 Å². The monoisotopic (exact) mass is 422 g/mol. The van der Waals surface area contributed by atoms with Crippen molar-refractivity contribution in [3.63, 3.8) is 0 Å². The van der Waals surface area contributed by atoms with Gasteiger partial charge >= 0.3 is 5.97 Å². The normalized spacial score (nSPS) is 64.3.